The Labute approximate surface area is 158 Å². The molecule has 138 valence electrons. The van der Waals surface area contributed by atoms with E-state index in [0.29, 0.717) is 24.3 Å². The van der Waals surface area contributed by atoms with E-state index in [0.717, 1.165) is 35.9 Å². The minimum Gasteiger partial charge on any atom is -0.339 e. The molecule has 0 unspecified atom stereocenters. The van der Waals surface area contributed by atoms with Gasteiger partial charge in [-0.1, -0.05) is 31.7 Å². The standard InChI is InChI=1S/C19H25N5OS/c1-4-11-23-18(15-7-9-20-10-8-15)21-22-19(23)26-13-17(25)24(12-14(2)3)16-5-6-16/h4,7-10,14,16H,1,5-6,11-13H2,2-3H3. The zero-order valence-electron chi connectivity index (χ0n) is 15.3. The second-order valence-corrected chi connectivity index (χ2v) is 7.84. The molecule has 2 aromatic rings. The number of allylic oxidation sites excluding steroid dienone is 1. The van der Waals surface area contributed by atoms with E-state index in [1.165, 1.54) is 11.8 Å². The lowest BCUT2D eigenvalue weighted by molar-refractivity contribution is -0.129. The predicted octanol–water partition coefficient (Wildman–Crippen LogP) is 3.27. The molecule has 7 heteroatoms. The lowest BCUT2D eigenvalue weighted by Crippen LogP contribution is -2.37. The van der Waals surface area contributed by atoms with Crippen molar-refractivity contribution in [2.24, 2.45) is 5.92 Å². The molecule has 0 spiro atoms. The van der Waals surface area contributed by atoms with Crippen molar-refractivity contribution < 1.29 is 4.79 Å². The second-order valence-electron chi connectivity index (χ2n) is 6.90. The number of aromatic nitrogens is 4. The van der Waals surface area contributed by atoms with Crippen molar-refractivity contribution in [3.8, 4) is 11.4 Å². The molecule has 1 aliphatic rings. The van der Waals surface area contributed by atoms with Gasteiger partial charge < -0.3 is 4.90 Å². The van der Waals surface area contributed by atoms with Crippen molar-refractivity contribution in [2.75, 3.05) is 12.3 Å². The third-order valence-corrected chi connectivity index (χ3v) is 5.11. The van der Waals surface area contributed by atoms with Gasteiger partial charge in [0.15, 0.2) is 11.0 Å². The first-order valence-corrected chi connectivity index (χ1v) is 9.95. The van der Waals surface area contributed by atoms with E-state index in [4.69, 9.17) is 0 Å². The molecule has 0 N–H and O–H groups in total. The SMILES string of the molecule is C=CCn1c(SCC(=O)N(CC(C)C)C2CC2)nnc1-c1ccncc1. The summed E-state index contributed by atoms with van der Waals surface area (Å²) in [6, 6.07) is 4.24. The first-order valence-electron chi connectivity index (χ1n) is 8.97. The van der Waals surface area contributed by atoms with Crippen molar-refractivity contribution in [2.45, 2.75) is 44.4 Å². The van der Waals surface area contributed by atoms with Crippen LogP contribution in [0.1, 0.15) is 26.7 Å². The molecule has 0 bridgehead atoms. The number of thioether (sulfide) groups is 1. The summed E-state index contributed by atoms with van der Waals surface area (Å²) in [4.78, 5) is 18.8. The third-order valence-electron chi connectivity index (χ3n) is 4.16. The van der Waals surface area contributed by atoms with Crippen molar-refractivity contribution in [3.05, 3.63) is 37.2 Å². The Bertz CT molecular complexity index is 755. The van der Waals surface area contributed by atoms with Crippen LogP contribution in [-0.2, 0) is 11.3 Å². The summed E-state index contributed by atoms with van der Waals surface area (Å²) in [5, 5.41) is 9.36. The fourth-order valence-corrected chi connectivity index (χ4v) is 3.68. The summed E-state index contributed by atoms with van der Waals surface area (Å²) in [7, 11) is 0. The minimum atomic E-state index is 0.185. The van der Waals surface area contributed by atoms with Gasteiger partial charge in [0.25, 0.3) is 0 Å². The molecule has 3 rings (SSSR count). The molecule has 1 amide bonds. The minimum absolute atomic E-state index is 0.185. The molecule has 6 nitrogen and oxygen atoms in total. The van der Waals surface area contributed by atoms with E-state index >= 15 is 0 Å². The topological polar surface area (TPSA) is 63.9 Å². The van der Waals surface area contributed by atoms with Crippen LogP contribution in [-0.4, -0.2) is 48.9 Å². The van der Waals surface area contributed by atoms with Crippen LogP contribution in [0.25, 0.3) is 11.4 Å². The fraction of sp³-hybridized carbons (Fsp3) is 0.474. The number of rotatable bonds is 9. The lowest BCUT2D eigenvalue weighted by Gasteiger charge is -2.24. The average Bonchev–Trinajstić information content (AvgIpc) is 3.40. The number of carbonyl (C=O) groups excluding carboxylic acids is 1. The maximum atomic E-state index is 12.7. The van der Waals surface area contributed by atoms with E-state index in [-0.39, 0.29) is 5.91 Å². The molecule has 0 atom stereocenters. The number of pyridine rings is 1. The van der Waals surface area contributed by atoms with E-state index in [1.807, 2.05) is 27.7 Å². The van der Waals surface area contributed by atoms with Gasteiger partial charge in [-0.3, -0.25) is 14.3 Å². The smallest absolute Gasteiger partial charge is 0.233 e. The van der Waals surface area contributed by atoms with Crippen LogP contribution in [0.4, 0.5) is 0 Å². The Hall–Kier alpha value is -2.15. The maximum Gasteiger partial charge on any atom is 0.233 e. The Kier molecular flexibility index (Phi) is 6.08. The van der Waals surface area contributed by atoms with Gasteiger partial charge in [-0.05, 0) is 30.9 Å². The first kappa shape index (κ1) is 18.6. The highest BCUT2D eigenvalue weighted by Gasteiger charge is 2.32. The summed E-state index contributed by atoms with van der Waals surface area (Å²) in [5.41, 5.74) is 0.951. The van der Waals surface area contributed by atoms with Crippen LogP contribution in [0.2, 0.25) is 0 Å². The van der Waals surface area contributed by atoms with E-state index in [2.05, 4.69) is 35.6 Å². The van der Waals surface area contributed by atoms with E-state index in [1.54, 1.807) is 12.4 Å². The van der Waals surface area contributed by atoms with Gasteiger partial charge in [0.2, 0.25) is 5.91 Å². The second kappa shape index (κ2) is 8.49. The van der Waals surface area contributed by atoms with Gasteiger partial charge in [0.1, 0.15) is 0 Å². The first-order chi connectivity index (χ1) is 12.6. The molecular formula is C19H25N5OS. The summed E-state index contributed by atoms with van der Waals surface area (Å²) in [6.45, 7) is 9.55. The zero-order chi connectivity index (χ0) is 18.5. The van der Waals surface area contributed by atoms with Gasteiger partial charge in [-0.2, -0.15) is 0 Å². The maximum absolute atomic E-state index is 12.7. The molecule has 1 saturated carbocycles. The Morgan fingerprint density at radius 2 is 2.12 bits per heavy atom. The summed E-state index contributed by atoms with van der Waals surface area (Å²) >= 11 is 1.45. The van der Waals surface area contributed by atoms with Crippen LogP contribution in [0.15, 0.2) is 42.3 Å². The molecule has 0 radical (unpaired) electrons. The Balaban J connectivity index is 1.72. The van der Waals surface area contributed by atoms with Crippen LogP contribution >= 0.6 is 11.8 Å². The van der Waals surface area contributed by atoms with Crippen molar-refractivity contribution >= 4 is 17.7 Å². The quantitative estimate of drug-likeness (QED) is 0.500. The molecule has 0 saturated heterocycles. The fourth-order valence-electron chi connectivity index (χ4n) is 2.85. The molecule has 26 heavy (non-hydrogen) atoms. The Morgan fingerprint density at radius 1 is 1.38 bits per heavy atom. The molecular weight excluding hydrogens is 346 g/mol. The van der Waals surface area contributed by atoms with Gasteiger partial charge in [-0.15, -0.1) is 16.8 Å². The molecule has 2 heterocycles. The number of carbonyl (C=O) groups is 1. The van der Waals surface area contributed by atoms with Crippen LogP contribution in [0, 0.1) is 5.92 Å². The van der Waals surface area contributed by atoms with Crippen molar-refractivity contribution in [1.82, 2.24) is 24.6 Å². The Morgan fingerprint density at radius 3 is 2.73 bits per heavy atom. The third kappa shape index (κ3) is 4.52. The highest BCUT2D eigenvalue weighted by atomic mass is 32.2. The van der Waals surface area contributed by atoms with Gasteiger partial charge in [0.05, 0.1) is 5.75 Å². The molecule has 1 aliphatic carbocycles. The van der Waals surface area contributed by atoms with Gasteiger partial charge in [-0.25, -0.2) is 0 Å². The lowest BCUT2D eigenvalue weighted by atomic mass is 10.2. The highest BCUT2D eigenvalue weighted by Crippen LogP contribution is 2.29. The van der Waals surface area contributed by atoms with Crippen molar-refractivity contribution in [3.63, 3.8) is 0 Å². The van der Waals surface area contributed by atoms with E-state index < -0.39 is 0 Å². The predicted molar refractivity (Wildman–Crippen MR) is 104 cm³/mol. The van der Waals surface area contributed by atoms with Crippen LogP contribution < -0.4 is 0 Å². The number of hydrogen-bond donors (Lipinski definition) is 0. The number of nitrogens with zero attached hydrogens (tertiary/aromatic N) is 5. The normalized spacial score (nSPS) is 13.8. The molecule has 1 fully saturated rings. The molecule has 2 aromatic heterocycles. The highest BCUT2D eigenvalue weighted by molar-refractivity contribution is 7.99. The van der Waals surface area contributed by atoms with Crippen LogP contribution in [0.3, 0.4) is 0 Å². The number of amides is 1. The van der Waals surface area contributed by atoms with Crippen LogP contribution in [0.5, 0.6) is 0 Å². The summed E-state index contributed by atoms with van der Waals surface area (Å²) in [5.74, 6) is 1.81. The summed E-state index contributed by atoms with van der Waals surface area (Å²) in [6.07, 6.45) is 7.54. The number of hydrogen-bond acceptors (Lipinski definition) is 5. The van der Waals surface area contributed by atoms with E-state index in [9.17, 15) is 4.79 Å². The molecule has 0 aromatic carbocycles. The van der Waals surface area contributed by atoms with Gasteiger partial charge >= 0.3 is 0 Å². The monoisotopic (exact) mass is 371 g/mol. The van der Waals surface area contributed by atoms with Gasteiger partial charge in [0, 0.05) is 37.1 Å². The van der Waals surface area contributed by atoms with Crippen molar-refractivity contribution in [1.29, 1.82) is 0 Å². The largest absolute Gasteiger partial charge is 0.339 e. The molecule has 0 aliphatic heterocycles. The summed E-state index contributed by atoms with van der Waals surface area (Å²) < 4.78 is 1.99. The average molecular weight is 372 g/mol. The zero-order valence-corrected chi connectivity index (χ0v) is 16.2.